The predicted octanol–water partition coefficient (Wildman–Crippen LogP) is 3.58. The zero-order valence-electron chi connectivity index (χ0n) is 12.0. The molecule has 0 saturated heterocycles. The summed E-state index contributed by atoms with van der Waals surface area (Å²) in [6, 6.07) is 2.66. The number of anilines is 1. The first-order valence-corrected chi connectivity index (χ1v) is 7.21. The van der Waals surface area contributed by atoms with E-state index in [0.717, 1.165) is 35.6 Å². The molecule has 0 aliphatic heterocycles. The van der Waals surface area contributed by atoms with Crippen LogP contribution in [0.2, 0.25) is 0 Å². The average Bonchev–Trinajstić information content (AvgIpc) is 2.34. The standard InChI is InChI=1S/C15H25N3/c1-5-13-9-15(17-12(4)16-13)18-14-8-6-7-10(2)11(14)3/h9-11,14H,5-8H2,1-4H3,(H,16,17,18). The Labute approximate surface area is 110 Å². The van der Waals surface area contributed by atoms with Gasteiger partial charge in [0, 0.05) is 17.8 Å². The Hall–Kier alpha value is -1.12. The van der Waals surface area contributed by atoms with Crippen LogP contribution in [0.25, 0.3) is 0 Å². The summed E-state index contributed by atoms with van der Waals surface area (Å²) in [5.74, 6) is 3.41. The molecule has 1 heterocycles. The lowest BCUT2D eigenvalue weighted by molar-refractivity contribution is 0.253. The van der Waals surface area contributed by atoms with Crippen LogP contribution < -0.4 is 5.32 Å². The molecule has 1 aromatic rings. The van der Waals surface area contributed by atoms with E-state index in [-0.39, 0.29) is 0 Å². The molecular formula is C15H25N3. The van der Waals surface area contributed by atoms with Crippen LogP contribution in [0, 0.1) is 18.8 Å². The lowest BCUT2D eigenvalue weighted by atomic mass is 9.78. The molecule has 3 nitrogen and oxygen atoms in total. The summed E-state index contributed by atoms with van der Waals surface area (Å²) >= 11 is 0. The first kappa shape index (κ1) is 13.3. The summed E-state index contributed by atoms with van der Waals surface area (Å²) in [7, 11) is 0. The van der Waals surface area contributed by atoms with E-state index in [1.54, 1.807) is 0 Å². The minimum Gasteiger partial charge on any atom is -0.367 e. The maximum absolute atomic E-state index is 4.51. The molecule has 18 heavy (non-hydrogen) atoms. The molecule has 1 aliphatic rings. The predicted molar refractivity (Wildman–Crippen MR) is 75.7 cm³/mol. The van der Waals surface area contributed by atoms with Crippen LogP contribution in [0.4, 0.5) is 5.82 Å². The first-order valence-electron chi connectivity index (χ1n) is 7.21. The Morgan fingerprint density at radius 3 is 2.78 bits per heavy atom. The van der Waals surface area contributed by atoms with Crippen molar-refractivity contribution in [3.05, 3.63) is 17.6 Å². The number of aromatic nitrogens is 2. The molecule has 3 unspecified atom stereocenters. The highest BCUT2D eigenvalue weighted by atomic mass is 15.1. The number of hydrogen-bond acceptors (Lipinski definition) is 3. The van der Waals surface area contributed by atoms with Crippen molar-refractivity contribution in [3.8, 4) is 0 Å². The normalized spacial score (nSPS) is 28.1. The molecule has 0 spiro atoms. The maximum Gasteiger partial charge on any atom is 0.130 e. The van der Waals surface area contributed by atoms with E-state index in [0.29, 0.717) is 6.04 Å². The second-order valence-electron chi connectivity index (χ2n) is 5.66. The molecule has 3 heteroatoms. The van der Waals surface area contributed by atoms with Crippen LogP contribution in [0.15, 0.2) is 6.07 Å². The highest BCUT2D eigenvalue weighted by Crippen LogP contribution is 2.31. The van der Waals surface area contributed by atoms with Gasteiger partial charge in [0.1, 0.15) is 11.6 Å². The average molecular weight is 247 g/mol. The van der Waals surface area contributed by atoms with Gasteiger partial charge in [-0.3, -0.25) is 0 Å². The smallest absolute Gasteiger partial charge is 0.130 e. The van der Waals surface area contributed by atoms with Crippen molar-refractivity contribution in [3.63, 3.8) is 0 Å². The maximum atomic E-state index is 4.51. The minimum atomic E-state index is 0.563. The van der Waals surface area contributed by atoms with Crippen LogP contribution in [0.5, 0.6) is 0 Å². The van der Waals surface area contributed by atoms with Crippen molar-refractivity contribution in [2.24, 2.45) is 11.8 Å². The Balaban J connectivity index is 2.10. The molecular weight excluding hydrogens is 222 g/mol. The molecule has 1 aromatic heterocycles. The fourth-order valence-electron chi connectivity index (χ4n) is 2.86. The van der Waals surface area contributed by atoms with Gasteiger partial charge in [-0.25, -0.2) is 9.97 Å². The number of nitrogens with zero attached hydrogens (tertiary/aromatic N) is 2. The van der Waals surface area contributed by atoms with E-state index >= 15 is 0 Å². The number of aryl methyl sites for hydroxylation is 2. The zero-order valence-corrected chi connectivity index (χ0v) is 12.0. The van der Waals surface area contributed by atoms with Crippen molar-refractivity contribution in [2.45, 2.75) is 59.4 Å². The Morgan fingerprint density at radius 2 is 2.06 bits per heavy atom. The van der Waals surface area contributed by atoms with Crippen LogP contribution in [0.3, 0.4) is 0 Å². The Morgan fingerprint density at radius 1 is 1.28 bits per heavy atom. The van der Waals surface area contributed by atoms with Gasteiger partial charge >= 0.3 is 0 Å². The van der Waals surface area contributed by atoms with E-state index < -0.39 is 0 Å². The van der Waals surface area contributed by atoms with Crippen molar-refractivity contribution < 1.29 is 0 Å². The van der Waals surface area contributed by atoms with Gasteiger partial charge in [-0.15, -0.1) is 0 Å². The number of hydrogen-bond donors (Lipinski definition) is 1. The molecule has 0 aromatic carbocycles. The van der Waals surface area contributed by atoms with Gasteiger partial charge in [0.05, 0.1) is 0 Å². The molecule has 1 N–H and O–H groups in total. The molecule has 1 fully saturated rings. The van der Waals surface area contributed by atoms with Gasteiger partial charge in [0.15, 0.2) is 0 Å². The third-order valence-electron chi connectivity index (χ3n) is 4.29. The van der Waals surface area contributed by atoms with Gasteiger partial charge in [-0.1, -0.05) is 33.6 Å². The van der Waals surface area contributed by atoms with Gasteiger partial charge in [0.2, 0.25) is 0 Å². The topological polar surface area (TPSA) is 37.8 Å². The van der Waals surface area contributed by atoms with Gasteiger partial charge in [0.25, 0.3) is 0 Å². The molecule has 1 saturated carbocycles. The summed E-state index contributed by atoms with van der Waals surface area (Å²) in [6.45, 7) is 8.83. The molecule has 3 atom stereocenters. The largest absolute Gasteiger partial charge is 0.367 e. The summed E-state index contributed by atoms with van der Waals surface area (Å²) in [4.78, 5) is 8.94. The van der Waals surface area contributed by atoms with E-state index in [4.69, 9.17) is 0 Å². The van der Waals surface area contributed by atoms with Crippen LogP contribution >= 0.6 is 0 Å². The van der Waals surface area contributed by atoms with Crippen molar-refractivity contribution >= 4 is 5.82 Å². The second kappa shape index (κ2) is 5.68. The Kier molecular flexibility index (Phi) is 4.20. The third-order valence-corrected chi connectivity index (χ3v) is 4.29. The fraction of sp³-hybridized carbons (Fsp3) is 0.733. The van der Waals surface area contributed by atoms with Gasteiger partial charge < -0.3 is 5.32 Å². The second-order valence-corrected chi connectivity index (χ2v) is 5.66. The van der Waals surface area contributed by atoms with Crippen LogP contribution in [-0.2, 0) is 6.42 Å². The Bertz CT molecular complexity index is 403. The zero-order chi connectivity index (χ0) is 13.1. The van der Waals surface area contributed by atoms with Crippen molar-refractivity contribution in [2.75, 3.05) is 5.32 Å². The summed E-state index contributed by atoms with van der Waals surface area (Å²) in [5, 5.41) is 3.63. The third kappa shape index (κ3) is 3.01. The van der Waals surface area contributed by atoms with Crippen LogP contribution in [-0.4, -0.2) is 16.0 Å². The van der Waals surface area contributed by atoms with Crippen molar-refractivity contribution in [1.29, 1.82) is 0 Å². The molecule has 0 bridgehead atoms. The monoisotopic (exact) mass is 247 g/mol. The summed E-state index contributed by atoms with van der Waals surface area (Å²) < 4.78 is 0. The highest BCUT2D eigenvalue weighted by Gasteiger charge is 2.27. The molecule has 0 radical (unpaired) electrons. The lowest BCUT2D eigenvalue weighted by Gasteiger charge is -2.35. The SMILES string of the molecule is CCc1cc(NC2CCCC(C)C2C)nc(C)n1. The van der Waals surface area contributed by atoms with Crippen LogP contribution in [0.1, 0.15) is 51.6 Å². The highest BCUT2D eigenvalue weighted by molar-refractivity contribution is 5.37. The number of rotatable bonds is 3. The first-order chi connectivity index (χ1) is 8.60. The quantitative estimate of drug-likeness (QED) is 0.887. The van der Waals surface area contributed by atoms with Gasteiger partial charge in [-0.05, 0) is 31.6 Å². The summed E-state index contributed by atoms with van der Waals surface area (Å²) in [5.41, 5.74) is 1.13. The molecule has 1 aliphatic carbocycles. The fourth-order valence-corrected chi connectivity index (χ4v) is 2.86. The van der Waals surface area contributed by atoms with Crippen molar-refractivity contribution in [1.82, 2.24) is 9.97 Å². The molecule has 0 amide bonds. The number of nitrogens with one attached hydrogen (secondary N) is 1. The van der Waals surface area contributed by atoms with E-state index in [9.17, 15) is 0 Å². The minimum absolute atomic E-state index is 0.563. The molecule has 2 rings (SSSR count). The molecule has 100 valence electrons. The van der Waals surface area contributed by atoms with Gasteiger partial charge in [-0.2, -0.15) is 0 Å². The lowest BCUT2D eigenvalue weighted by Crippen LogP contribution is -2.35. The van der Waals surface area contributed by atoms with E-state index in [1.165, 1.54) is 19.3 Å². The van der Waals surface area contributed by atoms with E-state index in [2.05, 4.69) is 42.1 Å². The summed E-state index contributed by atoms with van der Waals surface area (Å²) in [6.07, 6.45) is 4.92. The van der Waals surface area contributed by atoms with E-state index in [1.807, 2.05) is 6.92 Å².